The Morgan fingerprint density at radius 2 is 1.71 bits per heavy atom. The molecule has 3 aromatic rings. The van der Waals surface area contributed by atoms with Gasteiger partial charge in [-0.2, -0.15) is 0 Å². The van der Waals surface area contributed by atoms with Gasteiger partial charge in [0, 0.05) is 22.8 Å². The van der Waals surface area contributed by atoms with Crippen molar-refractivity contribution < 1.29 is 9.47 Å². The van der Waals surface area contributed by atoms with Crippen LogP contribution in [0.3, 0.4) is 0 Å². The van der Waals surface area contributed by atoms with Crippen molar-refractivity contribution in [3.05, 3.63) is 89.7 Å². The number of rotatable bonds is 7. The van der Waals surface area contributed by atoms with E-state index in [1.165, 1.54) is 4.90 Å². The van der Waals surface area contributed by atoms with Gasteiger partial charge < -0.3 is 14.4 Å². The Labute approximate surface area is 188 Å². The first kappa shape index (κ1) is 21.2. The summed E-state index contributed by atoms with van der Waals surface area (Å²) in [6, 6.07) is 24.3. The fraction of sp³-hybridized carbons (Fsp3) is 0.192. The molecule has 4 rings (SSSR count). The number of fused-ring (bicyclic) bond motifs is 1. The maximum atomic E-state index is 6.19. The highest BCUT2D eigenvalue weighted by Crippen LogP contribution is 2.36. The predicted molar refractivity (Wildman–Crippen MR) is 130 cm³/mol. The second-order valence-corrected chi connectivity index (χ2v) is 8.60. The largest absolute Gasteiger partial charge is 0.497 e. The van der Waals surface area contributed by atoms with E-state index in [9.17, 15) is 0 Å². The van der Waals surface area contributed by atoms with E-state index in [1.54, 1.807) is 7.11 Å². The number of nitrogens with zero attached hydrogens (tertiary/aromatic N) is 2. The Hall–Kier alpha value is -3.02. The molecule has 0 amide bonds. The molecule has 0 unspecified atom stereocenters. The van der Waals surface area contributed by atoms with E-state index in [4.69, 9.17) is 14.5 Å². The number of hydrogen-bond acceptors (Lipinski definition) is 5. The number of aliphatic imine (C=N–C) groups is 1. The van der Waals surface area contributed by atoms with Gasteiger partial charge in [-0.25, -0.2) is 4.99 Å². The van der Waals surface area contributed by atoms with Crippen LogP contribution < -0.4 is 9.47 Å². The highest BCUT2D eigenvalue weighted by atomic mass is 32.2. The molecule has 0 bridgehead atoms. The van der Waals surface area contributed by atoms with Crippen molar-refractivity contribution in [2.75, 3.05) is 33.5 Å². The second kappa shape index (κ2) is 9.86. The Kier molecular flexibility index (Phi) is 6.75. The van der Waals surface area contributed by atoms with Gasteiger partial charge in [0.15, 0.2) is 5.76 Å². The van der Waals surface area contributed by atoms with Gasteiger partial charge in [-0.15, -0.1) is 11.8 Å². The van der Waals surface area contributed by atoms with E-state index >= 15 is 0 Å². The average molecular weight is 431 g/mol. The third-order valence-electron chi connectivity index (χ3n) is 4.90. The monoisotopic (exact) mass is 430 g/mol. The van der Waals surface area contributed by atoms with Crippen LogP contribution in [0.15, 0.2) is 88.4 Å². The lowest BCUT2D eigenvalue weighted by atomic mass is 10.1. The summed E-state index contributed by atoms with van der Waals surface area (Å²) in [6.07, 6.45) is 2.03. The van der Waals surface area contributed by atoms with Crippen LogP contribution in [0.1, 0.15) is 11.1 Å². The topological polar surface area (TPSA) is 34.1 Å². The molecule has 0 saturated carbocycles. The first-order valence-corrected chi connectivity index (χ1v) is 11.2. The molecule has 0 N–H and O–H groups in total. The Balaban J connectivity index is 1.71. The van der Waals surface area contributed by atoms with Gasteiger partial charge in [-0.1, -0.05) is 36.4 Å². The Bertz CT molecular complexity index is 1100. The van der Waals surface area contributed by atoms with E-state index in [0.29, 0.717) is 0 Å². The number of methoxy groups -OCH3 is 1. The summed E-state index contributed by atoms with van der Waals surface area (Å²) in [4.78, 5) is 8.44. The number of thioether (sulfide) groups is 1. The summed E-state index contributed by atoms with van der Waals surface area (Å²) >= 11 is 1.83. The fourth-order valence-corrected chi connectivity index (χ4v) is 4.36. The Morgan fingerprint density at radius 1 is 0.968 bits per heavy atom. The highest BCUT2D eigenvalue weighted by molar-refractivity contribution is 7.99. The van der Waals surface area contributed by atoms with Crippen LogP contribution >= 0.6 is 11.8 Å². The molecule has 0 radical (unpaired) electrons. The van der Waals surface area contributed by atoms with Crippen molar-refractivity contribution in [3.8, 4) is 11.5 Å². The van der Waals surface area contributed by atoms with Gasteiger partial charge in [-0.05, 0) is 62.1 Å². The average Bonchev–Trinajstić information content (AvgIpc) is 3.12. The minimum atomic E-state index is 0.750. The number of hydrogen-bond donors (Lipinski definition) is 0. The molecule has 4 nitrogen and oxygen atoms in total. The van der Waals surface area contributed by atoms with Gasteiger partial charge in [0.05, 0.1) is 12.8 Å². The first-order chi connectivity index (χ1) is 15.1. The molecular formula is C26H26N2O2S. The van der Waals surface area contributed by atoms with Crippen molar-refractivity contribution in [2.24, 2.45) is 4.99 Å². The second-order valence-electron chi connectivity index (χ2n) is 7.46. The van der Waals surface area contributed by atoms with E-state index in [0.717, 1.165) is 52.1 Å². The lowest BCUT2D eigenvalue weighted by molar-refractivity contribution is 0.415. The van der Waals surface area contributed by atoms with Crippen molar-refractivity contribution in [1.29, 1.82) is 0 Å². The summed E-state index contributed by atoms with van der Waals surface area (Å²) in [7, 11) is 5.86. The SMILES string of the molecule is COc1ccc(/C=C2\Oc3ccccc3C2=Nc2ccccc2SCCN(C)C)cc1. The molecule has 0 aliphatic carbocycles. The van der Waals surface area contributed by atoms with Crippen molar-refractivity contribution in [2.45, 2.75) is 4.90 Å². The van der Waals surface area contributed by atoms with Crippen molar-refractivity contribution in [1.82, 2.24) is 4.90 Å². The van der Waals surface area contributed by atoms with Crippen LogP contribution in [0, 0.1) is 0 Å². The van der Waals surface area contributed by atoms with Gasteiger partial charge in [0.1, 0.15) is 17.2 Å². The lowest BCUT2D eigenvalue weighted by Gasteiger charge is -2.10. The van der Waals surface area contributed by atoms with Crippen LogP contribution in [-0.2, 0) is 0 Å². The van der Waals surface area contributed by atoms with E-state index in [-0.39, 0.29) is 0 Å². The molecule has 0 spiro atoms. The third kappa shape index (κ3) is 5.19. The zero-order valence-electron chi connectivity index (χ0n) is 18.0. The molecule has 0 atom stereocenters. The van der Waals surface area contributed by atoms with Crippen LogP contribution in [0.25, 0.3) is 6.08 Å². The molecule has 5 heteroatoms. The Morgan fingerprint density at radius 3 is 2.48 bits per heavy atom. The zero-order valence-corrected chi connectivity index (χ0v) is 18.9. The number of benzene rings is 3. The van der Waals surface area contributed by atoms with Crippen molar-refractivity contribution >= 4 is 29.2 Å². The normalized spacial score (nSPS) is 15.4. The van der Waals surface area contributed by atoms with Crippen LogP contribution in [-0.4, -0.2) is 44.1 Å². The van der Waals surface area contributed by atoms with Gasteiger partial charge in [0.2, 0.25) is 0 Å². The lowest BCUT2D eigenvalue weighted by Crippen LogP contribution is -2.14. The van der Waals surface area contributed by atoms with E-state index in [2.05, 4.69) is 43.3 Å². The maximum Gasteiger partial charge on any atom is 0.154 e. The molecule has 31 heavy (non-hydrogen) atoms. The maximum absolute atomic E-state index is 6.19. The number of allylic oxidation sites excluding steroid dienone is 1. The minimum Gasteiger partial charge on any atom is -0.497 e. The molecular weight excluding hydrogens is 404 g/mol. The smallest absolute Gasteiger partial charge is 0.154 e. The van der Waals surface area contributed by atoms with E-state index in [1.807, 2.05) is 66.4 Å². The quantitative estimate of drug-likeness (QED) is 0.437. The van der Waals surface area contributed by atoms with Crippen LogP contribution in [0.5, 0.6) is 11.5 Å². The summed E-state index contributed by atoms with van der Waals surface area (Å²) in [5.41, 5.74) is 3.86. The molecule has 0 aromatic heterocycles. The van der Waals surface area contributed by atoms with Crippen LogP contribution in [0.4, 0.5) is 5.69 Å². The summed E-state index contributed by atoms with van der Waals surface area (Å²) in [5, 5.41) is 0. The molecule has 3 aromatic carbocycles. The minimum absolute atomic E-state index is 0.750. The molecule has 158 valence electrons. The molecule has 0 fully saturated rings. The standard InChI is InChI=1S/C26H26N2O2S/c1-28(2)16-17-31-25-11-7-5-9-22(25)27-26-21-8-4-6-10-23(21)30-24(26)18-19-12-14-20(29-3)15-13-19/h4-15,18H,16-17H2,1-3H3/b24-18-,27-26?. The predicted octanol–water partition coefficient (Wildman–Crippen LogP) is 5.90. The molecule has 1 aliphatic rings. The first-order valence-electron chi connectivity index (χ1n) is 10.2. The molecule has 0 saturated heterocycles. The van der Waals surface area contributed by atoms with Gasteiger partial charge >= 0.3 is 0 Å². The fourth-order valence-electron chi connectivity index (χ4n) is 3.25. The van der Waals surface area contributed by atoms with Gasteiger partial charge in [-0.3, -0.25) is 0 Å². The van der Waals surface area contributed by atoms with Crippen LogP contribution in [0.2, 0.25) is 0 Å². The summed E-state index contributed by atoms with van der Waals surface area (Å²) in [6.45, 7) is 1.02. The number of ether oxygens (including phenoxy) is 2. The van der Waals surface area contributed by atoms with Gasteiger partial charge in [0.25, 0.3) is 0 Å². The zero-order chi connectivity index (χ0) is 21.6. The van der Waals surface area contributed by atoms with Crippen molar-refractivity contribution in [3.63, 3.8) is 0 Å². The summed E-state index contributed by atoms with van der Waals surface area (Å²) in [5.74, 6) is 3.42. The number of para-hydroxylation sites is 2. The molecule has 1 heterocycles. The summed E-state index contributed by atoms with van der Waals surface area (Å²) < 4.78 is 11.5. The molecule has 1 aliphatic heterocycles. The highest BCUT2D eigenvalue weighted by Gasteiger charge is 2.25. The van der Waals surface area contributed by atoms with E-state index < -0.39 is 0 Å². The third-order valence-corrected chi connectivity index (χ3v) is 5.95.